The number of nitrogens with zero attached hydrogens (tertiary/aromatic N) is 5. The molecule has 1 aliphatic heterocycles. The summed E-state index contributed by atoms with van der Waals surface area (Å²) in [5, 5.41) is 14.2. The second kappa shape index (κ2) is 9.47. The molecule has 5 heterocycles. The van der Waals surface area contributed by atoms with Crippen LogP contribution >= 0.6 is 11.3 Å². The summed E-state index contributed by atoms with van der Waals surface area (Å²) in [6.07, 6.45) is 8.74. The van der Waals surface area contributed by atoms with E-state index in [-0.39, 0.29) is 11.6 Å². The quantitative estimate of drug-likeness (QED) is 0.286. The number of thiophene rings is 1. The third-order valence-corrected chi connectivity index (χ3v) is 8.15. The lowest BCUT2D eigenvalue weighted by atomic mass is 9.91. The fourth-order valence-corrected chi connectivity index (χ4v) is 6.10. The maximum atomic E-state index is 14.9. The van der Waals surface area contributed by atoms with Crippen LogP contribution in [0, 0.1) is 12.7 Å². The average molecular weight is 494 g/mol. The predicted octanol–water partition coefficient (Wildman–Crippen LogP) is 5.40. The van der Waals surface area contributed by atoms with E-state index in [1.54, 1.807) is 12.4 Å². The Kier molecular flexibility index (Phi) is 6.37. The Hall–Kier alpha value is -3.17. The average Bonchev–Trinajstić information content (AvgIpc) is 3.16. The molecule has 0 aliphatic carbocycles. The minimum Gasteiger partial charge on any atom is -0.309 e. The highest BCUT2D eigenvalue weighted by Gasteiger charge is 2.23. The SMILES string of the molecule is Cc1c(-c2nc(Nc3ccc(C4CCN(C)CC4)cn3)ncc2F)sc2c(C(C)C)c[n+](O)cc12. The van der Waals surface area contributed by atoms with Gasteiger partial charge in [0.25, 0.3) is 0 Å². The molecule has 1 saturated heterocycles. The van der Waals surface area contributed by atoms with Crippen LogP contribution in [0.1, 0.15) is 55.2 Å². The second-order valence-corrected chi connectivity index (χ2v) is 10.6. The molecule has 182 valence electrons. The molecule has 0 bridgehead atoms. The zero-order valence-electron chi connectivity index (χ0n) is 20.4. The van der Waals surface area contributed by atoms with Gasteiger partial charge in [0, 0.05) is 16.5 Å². The van der Waals surface area contributed by atoms with Crippen molar-refractivity contribution in [2.45, 2.75) is 45.4 Å². The number of hydrogen-bond donors (Lipinski definition) is 2. The van der Waals surface area contributed by atoms with Gasteiger partial charge in [-0.15, -0.1) is 11.3 Å². The second-order valence-electron chi connectivity index (χ2n) is 9.62. The molecule has 1 aliphatic rings. The summed E-state index contributed by atoms with van der Waals surface area (Å²) in [4.78, 5) is 16.3. The number of piperidine rings is 1. The topological polar surface area (TPSA) is 78.1 Å². The van der Waals surface area contributed by atoms with Crippen molar-refractivity contribution in [3.05, 3.63) is 59.4 Å². The Morgan fingerprint density at radius 2 is 1.94 bits per heavy atom. The largest absolute Gasteiger partial charge is 0.309 e. The molecule has 0 saturated carbocycles. The summed E-state index contributed by atoms with van der Waals surface area (Å²) in [6.45, 7) is 8.27. The number of halogens is 1. The molecule has 0 aromatic carbocycles. The lowest BCUT2D eigenvalue weighted by Crippen LogP contribution is -2.29. The first-order valence-electron chi connectivity index (χ1n) is 11.9. The van der Waals surface area contributed by atoms with Crippen LogP contribution < -0.4 is 10.0 Å². The maximum absolute atomic E-state index is 14.9. The minimum atomic E-state index is -0.487. The van der Waals surface area contributed by atoms with Crippen molar-refractivity contribution in [2.75, 3.05) is 25.5 Å². The molecule has 0 unspecified atom stereocenters. The molecule has 5 rings (SSSR count). The Bertz CT molecular complexity index is 1360. The van der Waals surface area contributed by atoms with Crippen LogP contribution in [0.25, 0.3) is 20.7 Å². The van der Waals surface area contributed by atoms with E-state index < -0.39 is 5.82 Å². The number of aryl methyl sites for hydroxylation is 1. The number of aromatic nitrogens is 4. The first kappa shape index (κ1) is 23.6. The molecule has 0 spiro atoms. The third kappa shape index (κ3) is 4.70. The van der Waals surface area contributed by atoms with Crippen molar-refractivity contribution in [1.29, 1.82) is 0 Å². The highest BCUT2D eigenvalue weighted by atomic mass is 32.1. The fraction of sp³-hybridized carbons (Fsp3) is 0.385. The van der Waals surface area contributed by atoms with Gasteiger partial charge in [0.15, 0.2) is 5.82 Å². The number of nitrogens with one attached hydrogen (secondary N) is 1. The molecule has 0 amide bonds. The van der Waals surface area contributed by atoms with Gasteiger partial charge in [-0.05, 0) is 68.9 Å². The van der Waals surface area contributed by atoms with Gasteiger partial charge in [0.2, 0.25) is 18.3 Å². The molecule has 2 N–H and O–H groups in total. The lowest BCUT2D eigenvalue weighted by Gasteiger charge is -2.29. The number of likely N-dealkylation sites (tertiary alicyclic amines) is 1. The molecular formula is C26H30FN6OS+. The van der Waals surface area contributed by atoms with E-state index in [0.717, 1.165) is 56.8 Å². The molecule has 0 radical (unpaired) electrons. The number of anilines is 2. The van der Waals surface area contributed by atoms with Gasteiger partial charge in [0.05, 0.1) is 21.2 Å². The van der Waals surface area contributed by atoms with Crippen LogP contribution in [0.2, 0.25) is 0 Å². The Morgan fingerprint density at radius 3 is 2.63 bits per heavy atom. The summed E-state index contributed by atoms with van der Waals surface area (Å²) < 4.78 is 17.0. The Balaban J connectivity index is 1.43. The molecule has 7 nitrogen and oxygen atoms in total. The third-order valence-electron chi connectivity index (χ3n) is 6.79. The van der Waals surface area contributed by atoms with Crippen molar-refractivity contribution < 1.29 is 14.3 Å². The summed E-state index contributed by atoms with van der Waals surface area (Å²) in [5.41, 5.74) is 3.36. The van der Waals surface area contributed by atoms with Crippen LogP contribution in [-0.4, -0.2) is 45.2 Å². The van der Waals surface area contributed by atoms with E-state index in [1.165, 1.54) is 23.1 Å². The first-order valence-corrected chi connectivity index (χ1v) is 12.7. The molecule has 35 heavy (non-hydrogen) atoms. The molecule has 1 fully saturated rings. The van der Waals surface area contributed by atoms with E-state index in [9.17, 15) is 9.60 Å². The van der Waals surface area contributed by atoms with Crippen molar-refractivity contribution in [3.8, 4) is 10.6 Å². The van der Waals surface area contributed by atoms with Crippen LogP contribution in [0.15, 0.2) is 36.9 Å². The van der Waals surface area contributed by atoms with Crippen molar-refractivity contribution in [3.63, 3.8) is 0 Å². The van der Waals surface area contributed by atoms with Gasteiger partial charge in [-0.3, -0.25) is 5.21 Å². The summed E-state index contributed by atoms with van der Waals surface area (Å²) in [5.74, 6) is 1.17. The highest BCUT2D eigenvalue weighted by molar-refractivity contribution is 7.22. The van der Waals surface area contributed by atoms with Crippen LogP contribution in [0.5, 0.6) is 0 Å². The highest BCUT2D eigenvalue weighted by Crippen LogP contribution is 2.41. The fourth-order valence-electron chi connectivity index (χ4n) is 4.67. The minimum absolute atomic E-state index is 0.207. The van der Waals surface area contributed by atoms with Crippen LogP contribution in [-0.2, 0) is 0 Å². The van der Waals surface area contributed by atoms with Gasteiger partial charge in [0.1, 0.15) is 11.5 Å². The molecule has 4 aromatic heterocycles. The smallest absolute Gasteiger partial charge is 0.231 e. The Morgan fingerprint density at radius 1 is 1.17 bits per heavy atom. The molecule has 0 atom stereocenters. The number of rotatable bonds is 5. The molecule has 4 aromatic rings. The summed E-state index contributed by atoms with van der Waals surface area (Å²) in [7, 11) is 2.16. The monoisotopic (exact) mass is 493 g/mol. The molecule has 9 heteroatoms. The van der Waals surface area contributed by atoms with Gasteiger partial charge in [-0.2, -0.15) is 0 Å². The summed E-state index contributed by atoms with van der Waals surface area (Å²) in [6, 6.07) is 4.03. The van der Waals surface area contributed by atoms with Crippen molar-refractivity contribution in [1.82, 2.24) is 19.9 Å². The van der Waals surface area contributed by atoms with Crippen LogP contribution in [0.4, 0.5) is 16.2 Å². The Labute approximate surface area is 208 Å². The van der Waals surface area contributed by atoms with Gasteiger partial charge >= 0.3 is 0 Å². The normalized spacial score (nSPS) is 15.3. The predicted molar refractivity (Wildman–Crippen MR) is 136 cm³/mol. The van der Waals surface area contributed by atoms with Gasteiger partial charge in [-0.1, -0.05) is 19.9 Å². The summed E-state index contributed by atoms with van der Waals surface area (Å²) >= 11 is 1.49. The maximum Gasteiger partial charge on any atom is 0.231 e. The van der Waals surface area contributed by atoms with E-state index in [1.807, 2.05) is 19.2 Å². The standard InChI is InChI=1S/C26H30FN6OS/c1-15(2)19-13-33(34)14-20-16(3)24(35-25(19)20)23-21(27)12-29-26(31-23)30-22-6-5-18(11-28-22)17-7-9-32(4)10-8-17/h5-6,11-15,17,34H,7-10H2,1-4H3,(H,28,29,30,31)/q+1. The van der Waals surface area contributed by atoms with Gasteiger partial charge < -0.3 is 10.2 Å². The van der Waals surface area contributed by atoms with E-state index in [4.69, 9.17) is 0 Å². The number of pyridine rings is 2. The first-order chi connectivity index (χ1) is 16.8. The zero-order chi connectivity index (χ0) is 24.7. The van der Waals surface area contributed by atoms with E-state index in [2.05, 4.69) is 52.1 Å². The van der Waals surface area contributed by atoms with E-state index in [0.29, 0.717) is 17.7 Å². The van der Waals surface area contributed by atoms with Crippen molar-refractivity contribution >= 4 is 33.2 Å². The van der Waals surface area contributed by atoms with Crippen LogP contribution in [0.3, 0.4) is 0 Å². The zero-order valence-corrected chi connectivity index (χ0v) is 21.2. The number of fused-ring (bicyclic) bond motifs is 1. The van der Waals surface area contributed by atoms with E-state index >= 15 is 0 Å². The number of hydrogen-bond acceptors (Lipinski definition) is 7. The van der Waals surface area contributed by atoms with Gasteiger partial charge in [-0.25, -0.2) is 19.3 Å². The van der Waals surface area contributed by atoms with Crippen molar-refractivity contribution in [2.24, 2.45) is 0 Å². The molecular weight excluding hydrogens is 463 g/mol. The lowest BCUT2D eigenvalue weighted by molar-refractivity contribution is -0.904.